The molecule has 2 N–H and O–H groups in total. The van der Waals surface area contributed by atoms with Gasteiger partial charge in [0.2, 0.25) is 0 Å². The van der Waals surface area contributed by atoms with E-state index in [1.165, 1.54) is 5.56 Å². The Bertz CT molecular complexity index is 783. The maximum absolute atomic E-state index is 12.5. The molecule has 1 amide bonds. The normalized spacial score (nSPS) is 15.9. The van der Waals surface area contributed by atoms with E-state index < -0.39 is 0 Å². The quantitative estimate of drug-likeness (QED) is 0.784. The van der Waals surface area contributed by atoms with E-state index in [-0.39, 0.29) is 12.4 Å². The Morgan fingerprint density at radius 1 is 1.27 bits per heavy atom. The van der Waals surface area contributed by atoms with Crippen LogP contribution >= 0.6 is 0 Å². The Morgan fingerprint density at radius 2 is 2.00 bits per heavy atom. The summed E-state index contributed by atoms with van der Waals surface area (Å²) in [4.78, 5) is 32.5. The molecule has 26 heavy (non-hydrogen) atoms. The minimum absolute atomic E-state index is 0.0356. The fourth-order valence-electron chi connectivity index (χ4n) is 3.20. The third-order valence-corrected chi connectivity index (χ3v) is 4.57. The smallest absolute Gasteiger partial charge is 0.290 e. The van der Waals surface area contributed by atoms with E-state index in [1.807, 2.05) is 23.4 Å². The van der Waals surface area contributed by atoms with Gasteiger partial charge in [0.05, 0.1) is 13.2 Å². The number of aromatic amines is 1. The zero-order valence-corrected chi connectivity index (χ0v) is 14.6. The molecule has 8 nitrogen and oxygen atoms in total. The topological polar surface area (TPSA) is 98.8 Å². The number of hydrogen-bond donors (Lipinski definition) is 2. The minimum Gasteiger partial charge on any atom is -0.483 e. The van der Waals surface area contributed by atoms with Crippen molar-refractivity contribution in [3.63, 3.8) is 0 Å². The molecule has 0 unspecified atom stereocenters. The summed E-state index contributed by atoms with van der Waals surface area (Å²) in [5, 5.41) is 6.89. The van der Waals surface area contributed by atoms with E-state index in [9.17, 15) is 4.79 Å². The van der Waals surface area contributed by atoms with Crippen LogP contribution < -0.4 is 4.90 Å². The van der Waals surface area contributed by atoms with Gasteiger partial charge in [0.25, 0.3) is 12.4 Å². The summed E-state index contributed by atoms with van der Waals surface area (Å²) in [5.74, 6) is 1.10. The molecule has 2 aromatic rings. The minimum atomic E-state index is -0.250. The van der Waals surface area contributed by atoms with Crippen molar-refractivity contribution < 1.29 is 19.4 Å². The standard InChI is InChI=1S/C17H20N4O2.CH2O2/c1-20-3-2-12-8-13(11-19-16(12)20)14-9-15(18-10-14)17(22)21-4-6-23-7-5-21;2-1-3/h8-11,18H,2-7H2,1H3;1H,(H,2,3). The number of ether oxygens (including phenoxy) is 1. The van der Waals surface area contributed by atoms with Gasteiger partial charge in [-0.05, 0) is 24.1 Å². The van der Waals surface area contributed by atoms with E-state index >= 15 is 0 Å². The van der Waals surface area contributed by atoms with Crippen LogP contribution in [0, 0.1) is 0 Å². The molecule has 2 aliphatic heterocycles. The van der Waals surface area contributed by atoms with Crippen molar-refractivity contribution in [2.45, 2.75) is 6.42 Å². The van der Waals surface area contributed by atoms with Crippen molar-refractivity contribution in [3.05, 3.63) is 35.8 Å². The number of H-pyrrole nitrogens is 1. The van der Waals surface area contributed by atoms with Gasteiger partial charge in [-0.2, -0.15) is 0 Å². The number of hydrogen-bond acceptors (Lipinski definition) is 5. The largest absolute Gasteiger partial charge is 0.483 e. The zero-order valence-electron chi connectivity index (χ0n) is 14.6. The number of nitrogens with one attached hydrogen (secondary N) is 1. The van der Waals surface area contributed by atoms with Gasteiger partial charge in [0, 0.05) is 50.2 Å². The lowest BCUT2D eigenvalue weighted by molar-refractivity contribution is -0.122. The molecule has 0 aliphatic carbocycles. The van der Waals surface area contributed by atoms with Gasteiger partial charge in [0.15, 0.2) is 0 Å². The number of amides is 1. The number of rotatable bonds is 2. The first kappa shape index (κ1) is 17.9. The first-order chi connectivity index (χ1) is 12.6. The Hall–Kier alpha value is -2.87. The number of carbonyl (C=O) groups is 2. The summed E-state index contributed by atoms with van der Waals surface area (Å²) < 4.78 is 5.30. The van der Waals surface area contributed by atoms with Gasteiger partial charge in [-0.3, -0.25) is 9.59 Å². The summed E-state index contributed by atoms with van der Waals surface area (Å²) in [6.07, 6.45) is 4.79. The van der Waals surface area contributed by atoms with Crippen LogP contribution in [0.1, 0.15) is 16.1 Å². The van der Waals surface area contributed by atoms with Crippen LogP contribution in [-0.4, -0.2) is 72.2 Å². The molecule has 0 saturated carbocycles. The van der Waals surface area contributed by atoms with Crippen molar-refractivity contribution in [3.8, 4) is 11.1 Å². The Balaban J connectivity index is 0.000000613. The van der Waals surface area contributed by atoms with Gasteiger partial charge in [-0.25, -0.2) is 4.98 Å². The molecule has 1 saturated heterocycles. The molecule has 0 bridgehead atoms. The fourth-order valence-corrected chi connectivity index (χ4v) is 3.20. The van der Waals surface area contributed by atoms with E-state index in [1.54, 1.807) is 0 Å². The second-order valence-corrected chi connectivity index (χ2v) is 6.19. The highest BCUT2D eigenvalue weighted by Crippen LogP contribution is 2.29. The molecular weight excluding hydrogens is 336 g/mol. The van der Waals surface area contributed by atoms with E-state index in [0.717, 1.165) is 29.9 Å². The lowest BCUT2D eigenvalue weighted by Crippen LogP contribution is -2.40. The van der Waals surface area contributed by atoms with E-state index in [0.29, 0.717) is 32.0 Å². The van der Waals surface area contributed by atoms with Crippen LogP contribution in [0.5, 0.6) is 0 Å². The summed E-state index contributed by atoms with van der Waals surface area (Å²) in [5.41, 5.74) is 3.95. The molecule has 1 fully saturated rings. The van der Waals surface area contributed by atoms with Crippen molar-refractivity contribution in [1.82, 2.24) is 14.9 Å². The first-order valence-electron chi connectivity index (χ1n) is 8.47. The summed E-state index contributed by atoms with van der Waals surface area (Å²) in [6.45, 7) is 3.29. The lowest BCUT2D eigenvalue weighted by Gasteiger charge is -2.26. The predicted molar refractivity (Wildman–Crippen MR) is 96.4 cm³/mol. The van der Waals surface area contributed by atoms with Crippen LogP contribution in [0.2, 0.25) is 0 Å². The number of anilines is 1. The Kier molecular flexibility index (Phi) is 5.52. The fraction of sp³-hybridized carbons (Fsp3) is 0.389. The highest BCUT2D eigenvalue weighted by Gasteiger charge is 2.21. The van der Waals surface area contributed by atoms with Gasteiger partial charge < -0.3 is 24.6 Å². The SMILES string of the molecule is CN1CCc2cc(-c3c[nH]c(C(=O)N4CCOCC4)c3)cnc21.O=CO. The molecule has 138 valence electrons. The number of pyridine rings is 1. The number of carboxylic acid groups (broad SMARTS) is 1. The summed E-state index contributed by atoms with van der Waals surface area (Å²) in [6, 6.07) is 4.10. The maximum Gasteiger partial charge on any atom is 0.290 e. The molecule has 2 aromatic heterocycles. The summed E-state index contributed by atoms with van der Waals surface area (Å²) in [7, 11) is 2.06. The van der Waals surface area contributed by atoms with Crippen LogP contribution in [0.3, 0.4) is 0 Å². The van der Waals surface area contributed by atoms with Crippen molar-refractivity contribution in [2.75, 3.05) is 44.8 Å². The van der Waals surface area contributed by atoms with Gasteiger partial charge >= 0.3 is 0 Å². The number of carbonyl (C=O) groups excluding carboxylic acids is 1. The van der Waals surface area contributed by atoms with E-state index in [2.05, 4.69) is 28.0 Å². The Morgan fingerprint density at radius 3 is 2.73 bits per heavy atom. The van der Waals surface area contributed by atoms with Gasteiger partial charge in [0.1, 0.15) is 11.5 Å². The number of aromatic nitrogens is 2. The average Bonchev–Trinajstić information content (AvgIpc) is 3.30. The number of likely N-dealkylation sites (N-methyl/N-ethyl adjacent to an activating group) is 1. The first-order valence-corrected chi connectivity index (χ1v) is 8.47. The van der Waals surface area contributed by atoms with Crippen LogP contribution in [0.25, 0.3) is 11.1 Å². The van der Waals surface area contributed by atoms with Crippen LogP contribution in [-0.2, 0) is 16.0 Å². The molecule has 0 radical (unpaired) electrons. The van der Waals surface area contributed by atoms with E-state index in [4.69, 9.17) is 14.6 Å². The predicted octanol–water partition coefficient (Wildman–Crippen LogP) is 1.24. The molecule has 0 aromatic carbocycles. The lowest BCUT2D eigenvalue weighted by atomic mass is 10.1. The molecule has 4 rings (SSSR count). The van der Waals surface area contributed by atoms with Crippen molar-refractivity contribution in [2.24, 2.45) is 0 Å². The third kappa shape index (κ3) is 3.70. The van der Waals surface area contributed by atoms with Crippen molar-refractivity contribution in [1.29, 1.82) is 0 Å². The Labute approximate surface area is 151 Å². The average molecular weight is 358 g/mol. The monoisotopic (exact) mass is 358 g/mol. The second-order valence-electron chi connectivity index (χ2n) is 6.19. The number of fused-ring (bicyclic) bond motifs is 1. The van der Waals surface area contributed by atoms with Gasteiger partial charge in [-0.1, -0.05) is 0 Å². The highest BCUT2D eigenvalue weighted by atomic mass is 16.5. The zero-order chi connectivity index (χ0) is 18.5. The molecule has 4 heterocycles. The molecular formula is C18H22N4O4. The molecule has 2 aliphatic rings. The number of morpholine rings is 1. The van der Waals surface area contributed by atoms with Gasteiger partial charge in [-0.15, -0.1) is 0 Å². The maximum atomic E-state index is 12.5. The van der Waals surface area contributed by atoms with Crippen LogP contribution in [0.4, 0.5) is 5.82 Å². The number of nitrogens with zero attached hydrogens (tertiary/aromatic N) is 3. The molecule has 0 spiro atoms. The van der Waals surface area contributed by atoms with Crippen molar-refractivity contribution >= 4 is 18.2 Å². The molecule has 8 heteroatoms. The van der Waals surface area contributed by atoms with Crippen LogP contribution in [0.15, 0.2) is 24.5 Å². The highest BCUT2D eigenvalue weighted by molar-refractivity contribution is 5.94. The molecule has 0 atom stereocenters. The summed E-state index contributed by atoms with van der Waals surface area (Å²) >= 11 is 0. The second kappa shape index (κ2) is 8.01. The third-order valence-electron chi connectivity index (χ3n) is 4.57.